The van der Waals surface area contributed by atoms with Gasteiger partial charge in [-0.05, 0) is 25.0 Å². The molecular weight excluding hydrogens is 314 g/mol. The second kappa shape index (κ2) is 8.54. The normalized spacial score (nSPS) is 16.7. The van der Waals surface area contributed by atoms with Crippen molar-refractivity contribution >= 4 is 11.9 Å². The maximum absolute atomic E-state index is 12.9. The van der Waals surface area contributed by atoms with Gasteiger partial charge in [-0.1, -0.05) is 0 Å². The molecule has 7 heteroatoms. The Kier molecular flexibility index (Phi) is 6.43. The van der Waals surface area contributed by atoms with Gasteiger partial charge < -0.3 is 24.2 Å². The number of methoxy groups -OCH3 is 2. The Morgan fingerprint density at radius 3 is 2.71 bits per heavy atom. The van der Waals surface area contributed by atoms with Crippen molar-refractivity contribution in [1.82, 2.24) is 4.90 Å². The van der Waals surface area contributed by atoms with Gasteiger partial charge in [0.05, 0.1) is 32.3 Å². The third-order valence-corrected chi connectivity index (χ3v) is 3.97. The predicted octanol–water partition coefficient (Wildman–Crippen LogP) is 1.80. The van der Waals surface area contributed by atoms with E-state index in [4.69, 9.17) is 19.3 Å². The Morgan fingerprint density at radius 1 is 1.33 bits per heavy atom. The van der Waals surface area contributed by atoms with Crippen LogP contribution in [0.2, 0.25) is 0 Å². The summed E-state index contributed by atoms with van der Waals surface area (Å²) in [5.74, 6) is -0.236. The van der Waals surface area contributed by atoms with Crippen molar-refractivity contribution in [1.29, 1.82) is 0 Å². The van der Waals surface area contributed by atoms with E-state index in [2.05, 4.69) is 0 Å². The van der Waals surface area contributed by atoms with Crippen LogP contribution >= 0.6 is 0 Å². The molecule has 7 nitrogen and oxygen atoms in total. The summed E-state index contributed by atoms with van der Waals surface area (Å²) in [6.07, 6.45) is 1.66. The molecule has 1 unspecified atom stereocenters. The summed E-state index contributed by atoms with van der Waals surface area (Å²) in [5, 5.41) is 8.93. The molecule has 1 N–H and O–H groups in total. The van der Waals surface area contributed by atoms with E-state index in [0.717, 1.165) is 12.8 Å². The SMILES string of the molecule is COc1ccc(C(=O)N(CCC(=O)O)CC2CCCO2)c(OC)c1. The number of amides is 1. The van der Waals surface area contributed by atoms with Gasteiger partial charge >= 0.3 is 5.97 Å². The topological polar surface area (TPSA) is 85.3 Å². The van der Waals surface area contributed by atoms with Crippen molar-refractivity contribution in [3.63, 3.8) is 0 Å². The lowest BCUT2D eigenvalue weighted by atomic mass is 10.1. The summed E-state index contributed by atoms with van der Waals surface area (Å²) < 4.78 is 16.0. The summed E-state index contributed by atoms with van der Waals surface area (Å²) in [4.78, 5) is 25.3. The summed E-state index contributed by atoms with van der Waals surface area (Å²) in [6, 6.07) is 4.94. The highest BCUT2D eigenvalue weighted by molar-refractivity contribution is 5.97. The first-order valence-electron chi connectivity index (χ1n) is 7.90. The zero-order valence-electron chi connectivity index (χ0n) is 14.0. The minimum absolute atomic E-state index is 0.0491. The largest absolute Gasteiger partial charge is 0.497 e. The zero-order chi connectivity index (χ0) is 17.5. The van der Waals surface area contributed by atoms with Crippen molar-refractivity contribution in [3.8, 4) is 11.5 Å². The van der Waals surface area contributed by atoms with E-state index in [0.29, 0.717) is 30.2 Å². The van der Waals surface area contributed by atoms with Gasteiger partial charge in [0.25, 0.3) is 5.91 Å². The van der Waals surface area contributed by atoms with Crippen molar-refractivity contribution in [3.05, 3.63) is 23.8 Å². The van der Waals surface area contributed by atoms with E-state index in [1.807, 2.05) is 0 Å². The van der Waals surface area contributed by atoms with Crippen LogP contribution in [0.4, 0.5) is 0 Å². The number of hydrogen-bond donors (Lipinski definition) is 1. The molecule has 1 fully saturated rings. The van der Waals surface area contributed by atoms with Crippen molar-refractivity contribution in [2.75, 3.05) is 33.9 Å². The van der Waals surface area contributed by atoms with E-state index >= 15 is 0 Å². The molecule has 0 bridgehead atoms. The molecule has 24 heavy (non-hydrogen) atoms. The maximum Gasteiger partial charge on any atom is 0.305 e. The van der Waals surface area contributed by atoms with Gasteiger partial charge in [-0.2, -0.15) is 0 Å². The number of benzene rings is 1. The molecule has 1 amide bonds. The average molecular weight is 337 g/mol. The molecule has 132 valence electrons. The lowest BCUT2D eigenvalue weighted by molar-refractivity contribution is -0.137. The van der Waals surface area contributed by atoms with E-state index in [9.17, 15) is 9.59 Å². The van der Waals surface area contributed by atoms with Gasteiger partial charge in [-0.25, -0.2) is 0 Å². The summed E-state index contributed by atoms with van der Waals surface area (Å²) in [6.45, 7) is 1.18. The number of carbonyl (C=O) groups is 2. The predicted molar refractivity (Wildman–Crippen MR) is 86.7 cm³/mol. The zero-order valence-corrected chi connectivity index (χ0v) is 14.0. The third-order valence-electron chi connectivity index (χ3n) is 3.97. The molecule has 2 rings (SSSR count). The highest BCUT2D eigenvalue weighted by atomic mass is 16.5. The van der Waals surface area contributed by atoms with Gasteiger partial charge in [0, 0.05) is 25.8 Å². The lowest BCUT2D eigenvalue weighted by Gasteiger charge is -2.25. The van der Waals surface area contributed by atoms with Crippen LogP contribution in [0.3, 0.4) is 0 Å². The fourth-order valence-electron chi connectivity index (χ4n) is 2.69. The number of ether oxygens (including phenoxy) is 3. The Hall–Kier alpha value is -2.28. The fourth-order valence-corrected chi connectivity index (χ4v) is 2.69. The molecule has 1 saturated heterocycles. The Morgan fingerprint density at radius 2 is 2.12 bits per heavy atom. The molecule has 1 heterocycles. The molecule has 1 aromatic carbocycles. The van der Waals surface area contributed by atoms with Gasteiger partial charge in [0.1, 0.15) is 11.5 Å². The van der Waals surface area contributed by atoms with Crippen molar-refractivity contribution < 1.29 is 28.9 Å². The first-order valence-corrected chi connectivity index (χ1v) is 7.90. The van der Waals surface area contributed by atoms with Crippen LogP contribution in [0.15, 0.2) is 18.2 Å². The van der Waals surface area contributed by atoms with E-state index in [-0.39, 0.29) is 25.0 Å². The molecule has 1 atom stereocenters. The Balaban J connectivity index is 2.19. The Labute approximate surface area is 141 Å². The average Bonchev–Trinajstić information content (AvgIpc) is 3.10. The molecule has 1 aliphatic heterocycles. The van der Waals surface area contributed by atoms with Crippen LogP contribution in [0.25, 0.3) is 0 Å². The smallest absolute Gasteiger partial charge is 0.305 e. The molecular formula is C17H23NO6. The first-order chi connectivity index (χ1) is 11.5. The number of aliphatic carboxylic acids is 1. The Bertz CT molecular complexity index is 582. The highest BCUT2D eigenvalue weighted by Crippen LogP contribution is 2.26. The van der Waals surface area contributed by atoms with Gasteiger partial charge in [0.2, 0.25) is 0 Å². The minimum atomic E-state index is -0.943. The van der Waals surface area contributed by atoms with Gasteiger partial charge in [-0.15, -0.1) is 0 Å². The first kappa shape index (κ1) is 18.1. The molecule has 0 radical (unpaired) electrons. The monoisotopic (exact) mass is 337 g/mol. The van der Waals surface area contributed by atoms with Crippen molar-refractivity contribution in [2.24, 2.45) is 0 Å². The highest BCUT2D eigenvalue weighted by Gasteiger charge is 2.25. The molecule has 0 saturated carbocycles. The van der Waals surface area contributed by atoms with Crippen molar-refractivity contribution in [2.45, 2.75) is 25.4 Å². The van der Waals surface area contributed by atoms with Crippen LogP contribution in [-0.2, 0) is 9.53 Å². The lowest BCUT2D eigenvalue weighted by Crippen LogP contribution is -2.39. The van der Waals surface area contributed by atoms with Crippen LogP contribution < -0.4 is 9.47 Å². The summed E-state index contributed by atoms with van der Waals surface area (Å²) >= 11 is 0. The molecule has 1 aliphatic rings. The molecule has 0 aliphatic carbocycles. The van der Waals surface area contributed by atoms with E-state index in [1.165, 1.54) is 19.1 Å². The van der Waals surface area contributed by atoms with E-state index in [1.54, 1.807) is 18.2 Å². The van der Waals surface area contributed by atoms with Crippen LogP contribution in [0.5, 0.6) is 11.5 Å². The number of hydrogen-bond acceptors (Lipinski definition) is 5. The third kappa shape index (κ3) is 4.61. The summed E-state index contributed by atoms with van der Waals surface area (Å²) in [5.41, 5.74) is 0.377. The summed E-state index contributed by atoms with van der Waals surface area (Å²) in [7, 11) is 3.01. The minimum Gasteiger partial charge on any atom is -0.497 e. The quantitative estimate of drug-likeness (QED) is 0.778. The van der Waals surface area contributed by atoms with Gasteiger partial charge in [0.15, 0.2) is 0 Å². The number of carbonyl (C=O) groups excluding carboxylic acids is 1. The molecule has 1 aromatic rings. The molecule has 0 aromatic heterocycles. The molecule has 0 spiro atoms. The number of rotatable bonds is 8. The number of carboxylic acid groups (broad SMARTS) is 1. The van der Waals surface area contributed by atoms with Crippen LogP contribution in [0, 0.1) is 0 Å². The fraction of sp³-hybridized carbons (Fsp3) is 0.529. The second-order valence-electron chi connectivity index (χ2n) is 5.60. The number of carboxylic acids is 1. The van der Waals surface area contributed by atoms with Crippen LogP contribution in [0.1, 0.15) is 29.6 Å². The second-order valence-corrected chi connectivity index (χ2v) is 5.60. The maximum atomic E-state index is 12.9. The number of nitrogens with zero attached hydrogens (tertiary/aromatic N) is 1. The van der Waals surface area contributed by atoms with E-state index < -0.39 is 5.97 Å². The standard InChI is InChI=1S/C17H23NO6/c1-22-12-5-6-14(15(10-12)23-2)17(21)18(8-7-16(19)20)11-13-4-3-9-24-13/h5-6,10,13H,3-4,7-9,11H2,1-2H3,(H,19,20). The van der Waals surface area contributed by atoms with Crippen LogP contribution in [-0.4, -0.2) is 61.9 Å². The van der Waals surface area contributed by atoms with Gasteiger partial charge in [-0.3, -0.25) is 9.59 Å².